The van der Waals surface area contributed by atoms with Crippen molar-refractivity contribution in [2.24, 2.45) is 5.73 Å². The highest BCUT2D eigenvalue weighted by atomic mass is 19.4. The van der Waals surface area contributed by atoms with Crippen molar-refractivity contribution in [1.29, 1.82) is 0 Å². The van der Waals surface area contributed by atoms with Crippen LogP contribution in [0.2, 0.25) is 0 Å². The third-order valence-corrected chi connectivity index (χ3v) is 6.17. The van der Waals surface area contributed by atoms with Crippen molar-refractivity contribution < 1.29 is 27.0 Å². The van der Waals surface area contributed by atoms with Crippen molar-refractivity contribution in [3.63, 3.8) is 0 Å². The van der Waals surface area contributed by atoms with Gasteiger partial charge in [0.1, 0.15) is 35.4 Å². The van der Waals surface area contributed by atoms with Crippen LogP contribution < -0.4 is 10.5 Å². The number of methoxy groups -OCH3 is 1. The lowest BCUT2D eigenvalue weighted by atomic mass is 10.1. The highest BCUT2D eigenvalue weighted by molar-refractivity contribution is 5.86. The zero-order valence-corrected chi connectivity index (χ0v) is 19.4. The number of alkyl halides is 3. The number of nitrogens with two attached hydrogens (primary N) is 1. The first-order valence-electron chi connectivity index (χ1n) is 11.4. The van der Waals surface area contributed by atoms with E-state index >= 15 is 0 Å². The summed E-state index contributed by atoms with van der Waals surface area (Å²) in [7, 11) is 1.52. The molecular formula is C24H24F4N6O2. The first kappa shape index (κ1) is 24.3. The van der Waals surface area contributed by atoms with E-state index in [-0.39, 0.29) is 42.9 Å². The molecule has 36 heavy (non-hydrogen) atoms. The summed E-state index contributed by atoms with van der Waals surface area (Å²) in [6.45, 7) is 0.910. The summed E-state index contributed by atoms with van der Waals surface area (Å²) < 4.78 is 68.6. The van der Waals surface area contributed by atoms with Crippen LogP contribution in [0.3, 0.4) is 0 Å². The molecule has 1 unspecified atom stereocenters. The van der Waals surface area contributed by atoms with E-state index in [1.54, 1.807) is 12.1 Å². The Balaban J connectivity index is 1.58. The first-order chi connectivity index (χ1) is 17.2. The molecule has 1 saturated heterocycles. The summed E-state index contributed by atoms with van der Waals surface area (Å²) in [6.07, 6.45) is -2.60. The fourth-order valence-corrected chi connectivity index (χ4v) is 4.54. The van der Waals surface area contributed by atoms with Crippen molar-refractivity contribution in [2.45, 2.75) is 24.7 Å². The monoisotopic (exact) mass is 504 g/mol. The van der Waals surface area contributed by atoms with E-state index in [2.05, 4.69) is 15.2 Å². The van der Waals surface area contributed by atoms with Gasteiger partial charge in [0.05, 0.1) is 6.61 Å². The Bertz CT molecular complexity index is 1390. The molecule has 8 nitrogen and oxygen atoms in total. The normalized spacial score (nSPS) is 17.8. The summed E-state index contributed by atoms with van der Waals surface area (Å²) >= 11 is 0. The third kappa shape index (κ3) is 4.71. The number of nitrogens with zero attached hydrogens (tertiary/aromatic N) is 5. The Labute approximate surface area is 203 Å². The van der Waals surface area contributed by atoms with Gasteiger partial charge in [-0.3, -0.25) is 9.30 Å². The molecule has 1 aliphatic rings. The number of pyridine rings is 2. The summed E-state index contributed by atoms with van der Waals surface area (Å²) in [4.78, 5) is 5.94. The van der Waals surface area contributed by atoms with Gasteiger partial charge < -0.3 is 15.2 Å². The zero-order chi connectivity index (χ0) is 25.4. The Kier molecular flexibility index (Phi) is 6.49. The molecule has 12 heteroatoms. The van der Waals surface area contributed by atoms with Crippen LogP contribution in [0.15, 0.2) is 42.6 Å². The van der Waals surface area contributed by atoms with Gasteiger partial charge in [-0.2, -0.15) is 13.2 Å². The molecule has 0 spiro atoms. The average molecular weight is 504 g/mol. The summed E-state index contributed by atoms with van der Waals surface area (Å²) in [5.74, 6) is -0.0114. The van der Waals surface area contributed by atoms with Gasteiger partial charge in [0.2, 0.25) is 0 Å². The first-order valence-corrected chi connectivity index (χ1v) is 11.4. The maximum Gasteiger partial charge on any atom is 0.408 e. The van der Waals surface area contributed by atoms with Crippen LogP contribution in [-0.2, 0) is 4.74 Å². The number of rotatable bonds is 7. The van der Waals surface area contributed by atoms with Gasteiger partial charge >= 0.3 is 6.18 Å². The number of hydrogen-bond acceptors (Lipinski definition) is 7. The molecule has 1 aromatic carbocycles. The van der Waals surface area contributed by atoms with Gasteiger partial charge in [-0.1, -0.05) is 12.1 Å². The molecule has 4 aromatic rings. The molecule has 2 N–H and O–H groups in total. The van der Waals surface area contributed by atoms with Crippen molar-refractivity contribution in [2.75, 3.05) is 33.4 Å². The lowest BCUT2D eigenvalue weighted by Gasteiger charge is -2.30. The number of fused-ring (bicyclic) bond motifs is 2. The van der Waals surface area contributed by atoms with Crippen LogP contribution >= 0.6 is 0 Å². The van der Waals surface area contributed by atoms with E-state index in [4.69, 9.17) is 15.2 Å². The predicted octanol–water partition coefficient (Wildman–Crippen LogP) is 3.75. The molecule has 3 aromatic heterocycles. The molecule has 0 aliphatic carbocycles. The zero-order valence-electron chi connectivity index (χ0n) is 19.4. The molecule has 190 valence electrons. The SMILES string of the molecule is COCCOc1cc(F)cc2ccc(-c3nnc4ccc([C@@H](N5CCC(N)C5)C(F)(F)F)cn34)nc12. The Morgan fingerprint density at radius 1 is 1.14 bits per heavy atom. The average Bonchev–Trinajstić information content (AvgIpc) is 3.44. The molecule has 0 bridgehead atoms. The van der Waals surface area contributed by atoms with E-state index in [1.807, 2.05) is 0 Å². The van der Waals surface area contributed by atoms with Crippen LogP contribution in [0.25, 0.3) is 28.1 Å². The summed E-state index contributed by atoms with van der Waals surface area (Å²) in [5.41, 5.74) is 7.03. The van der Waals surface area contributed by atoms with Crippen molar-refractivity contribution in [3.8, 4) is 17.3 Å². The Morgan fingerprint density at radius 3 is 2.69 bits per heavy atom. The van der Waals surface area contributed by atoms with Crippen LogP contribution in [0, 0.1) is 5.82 Å². The Morgan fingerprint density at radius 2 is 1.97 bits per heavy atom. The van der Waals surface area contributed by atoms with Gasteiger partial charge in [0.25, 0.3) is 0 Å². The number of halogens is 4. The second kappa shape index (κ2) is 9.60. The second-order valence-corrected chi connectivity index (χ2v) is 8.72. The van der Waals surface area contributed by atoms with Crippen LogP contribution in [0.5, 0.6) is 5.75 Å². The number of aromatic nitrogens is 4. The van der Waals surface area contributed by atoms with Crippen LogP contribution in [0.1, 0.15) is 18.0 Å². The standard InChI is InChI=1S/C24H24F4N6O2/c1-35-8-9-36-19-11-16(25)10-14-2-4-18(30-21(14)19)23-32-31-20-5-3-15(12-34(20)23)22(24(26,27)28)33-7-6-17(29)13-33/h2-5,10-12,17,22H,6-9,13,29H2,1H3/t17?,22-/m1/s1. The van der Waals surface area contributed by atoms with Gasteiger partial charge in [-0.05, 0) is 30.2 Å². The number of benzene rings is 1. The lowest BCUT2D eigenvalue weighted by molar-refractivity contribution is -0.183. The molecule has 1 fully saturated rings. The number of likely N-dealkylation sites (tertiary alicyclic amines) is 1. The number of ether oxygens (including phenoxy) is 2. The molecule has 2 atom stereocenters. The van der Waals surface area contributed by atoms with Gasteiger partial charge in [0, 0.05) is 43.9 Å². The largest absolute Gasteiger partial charge is 0.489 e. The molecule has 5 rings (SSSR count). The number of hydrogen-bond donors (Lipinski definition) is 1. The van der Waals surface area contributed by atoms with E-state index < -0.39 is 18.0 Å². The predicted molar refractivity (Wildman–Crippen MR) is 124 cm³/mol. The van der Waals surface area contributed by atoms with E-state index in [0.29, 0.717) is 35.3 Å². The van der Waals surface area contributed by atoms with Crippen LogP contribution in [0.4, 0.5) is 17.6 Å². The summed E-state index contributed by atoms with van der Waals surface area (Å²) in [5, 5.41) is 8.77. The maximum absolute atomic E-state index is 14.1. The van der Waals surface area contributed by atoms with Crippen molar-refractivity contribution >= 4 is 16.6 Å². The fourth-order valence-electron chi connectivity index (χ4n) is 4.54. The quantitative estimate of drug-likeness (QED) is 0.303. The topological polar surface area (TPSA) is 90.8 Å². The third-order valence-electron chi connectivity index (χ3n) is 6.17. The molecule has 4 heterocycles. The fraction of sp³-hybridized carbons (Fsp3) is 0.375. The van der Waals surface area contributed by atoms with E-state index in [0.717, 1.165) is 0 Å². The molecule has 0 radical (unpaired) electrons. The summed E-state index contributed by atoms with van der Waals surface area (Å²) in [6, 6.07) is 6.62. The maximum atomic E-state index is 14.1. The minimum absolute atomic E-state index is 0.0524. The van der Waals surface area contributed by atoms with Gasteiger partial charge in [-0.25, -0.2) is 9.37 Å². The molecule has 0 saturated carbocycles. The highest BCUT2D eigenvalue weighted by Gasteiger charge is 2.46. The highest BCUT2D eigenvalue weighted by Crippen LogP contribution is 2.39. The lowest BCUT2D eigenvalue weighted by Crippen LogP contribution is -2.38. The van der Waals surface area contributed by atoms with Gasteiger partial charge in [-0.15, -0.1) is 10.2 Å². The Hall–Kier alpha value is -3.35. The van der Waals surface area contributed by atoms with Crippen molar-refractivity contribution in [1.82, 2.24) is 24.5 Å². The van der Waals surface area contributed by atoms with E-state index in [9.17, 15) is 17.6 Å². The second-order valence-electron chi connectivity index (χ2n) is 8.72. The molecular weight excluding hydrogens is 480 g/mol. The minimum Gasteiger partial charge on any atom is -0.489 e. The van der Waals surface area contributed by atoms with Crippen LogP contribution in [-0.4, -0.2) is 70.1 Å². The molecule has 1 aliphatic heterocycles. The van der Waals surface area contributed by atoms with Gasteiger partial charge in [0.15, 0.2) is 11.5 Å². The van der Waals surface area contributed by atoms with Crippen molar-refractivity contribution in [3.05, 3.63) is 54.0 Å². The van der Waals surface area contributed by atoms with E-state index in [1.165, 1.54) is 46.9 Å². The molecule has 0 amide bonds. The smallest absolute Gasteiger partial charge is 0.408 e. The minimum atomic E-state index is -4.49.